The first-order valence-electron chi connectivity index (χ1n) is 5.34. The summed E-state index contributed by atoms with van der Waals surface area (Å²) in [6, 6.07) is 1.75. The Morgan fingerprint density at radius 3 is 2.82 bits per heavy atom. The van der Waals surface area contributed by atoms with E-state index in [0.717, 1.165) is 5.69 Å². The third-order valence-electron chi connectivity index (χ3n) is 2.48. The van der Waals surface area contributed by atoms with E-state index in [2.05, 4.69) is 14.9 Å². The molecule has 6 nitrogen and oxygen atoms in total. The predicted octanol–water partition coefficient (Wildman–Crippen LogP) is 0.220. The number of rotatable bonds is 5. The van der Waals surface area contributed by atoms with Crippen LogP contribution in [-0.4, -0.2) is 47.7 Å². The molecule has 0 aromatic carbocycles. The average molecular weight is 239 g/mol. The minimum Gasteiger partial charge on any atom is -0.469 e. The molecular weight excluding hydrogens is 222 g/mol. The van der Waals surface area contributed by atoms with Crippen LogP contribution in [-0.2, 0) is 20.7 Å². The zero-order valence-electron chi connectivity index (χ0n) is 10.3. The van der Waals surface area contributed by atoms with Crippen molar-refractivity contribution in [1.29, 1.82) is 0 Å². The highest BCUT2D eigenvalue weighted by Gasteiger charge is 2.18. The van der Waals surface area contributed by atoms with Crippen molar-refractivity contribution in [1.82, 2.24) is 15.1 Å². The molecule has 94 valence electrons. The largest absolute Gasteiger partial charge is 0.469 e. The highest BCUT2D eigenvalue weighted by atomic mass is 16.5. The number of H-pyrrole nitrogens is 1. The number of hydrogen-bond donors (Lipinski definition) is 1. The molecule has 0 bridgehead atoms. The van der Waals surface area contributed by atoms with E-state index in [1.807, 2.05) is 0 Å². The van der Waals surface area contributed by atoms with Gasteiger partial charge in [-0.15, -0.1) is 0 Å². The number of carbonyl (C=O) groups is 2. The van der Waals surface area contributed by atoms with Gasteiger partial charge in [0.25, 0.3) is 0 Å². The molecule has 0 fully saturated rings. The lowest BCUT2D eigenvalue weighted by Crippen LogP contribution is -2.35. The van der Waals surface area contributed by atoms with Crippen molar-refractivity contribution in [3.63, 3.8) is 0 Å². The normalized spacial score (nSPS) is 11.9. The quantitative estimate of drug-likeness (QED) is 0.746. The van der Waals surface area contributed by atoms with Gasteiger partial charge in [-0.1, -0.05) is 6.92 Å². The lowest BCUT2D eigenvalue weighted by Gasteiger charge is -2.19. The van der Waals surface area contributed by atoms with Crippen molar-refractivity contribution in [2.75, 3.05) is 20.7 Å². The molecule has 1 N–H and O–H groups in total. The van der Waals surface area contributed by atoms with Gasteiger partial charge in [0.1, 0.15) is 0 Å². The summed E-state index contributed by atoms with van der Waals surface area (Å²) in [6.07, 6.45) is 1.85. The van der Waals surface area contributed by atoms with Gasteiger partial charge in [0.05, 0.1) is 19.4 Å². The van der Waals surface area contributed by atoms with E-state index in [-0.39, 0.29) is 24.2 Å². The van der Waals surface area contributed by atoms with E-state index in [1.165, 1.54) is 12.0 Å². The second kappa shape index (κ2) is 6.03. The molecule has 0 aliphatic carbocycles. The Bertz CT molecular complexity index is 375. The Labute approximate surface area is 99.9 Å². The fourth-order valence-corrected chi connectivity index (χ4v) is 1.47. The molecule has 17 heavy (non-hydrogen) atoms. The Kier molecular flexibility index (Phi) is 4.68. The van der Waals surface area contributed by atoms with Crippen molar-refractivity contribution >= 4 is 11.9 Å². The lowest BCUT2D eigenvalue weighted by atomic mass is 10.1. The summed E-state index contributed by atoms with van der Waals surface area (Å²) < 4.78 is 4.61. The fraction of sp³-hybridized carbons (Fsp3) is 0.545. The Hall–Kier alpha value is -1.85. The SMILES string of the molecule is COC(=O)C(C)CN(C)C(=O)Cc1ccn[nH]1. The molecule has 0 saturated carbocycles. The first kappa shape index (κ1) is 13.2. The van der Waals surface area contributed by atoms with E-state index < -0.39 is 0 Å². The number of aromatic nitrogens is 2. The van der Waals surface area contributed by atoms with Crippen LogP contribution in [0.25, 0.3) is 0 Å². The average Bonchev–Trinajstić information content (AvgIpc) is 2.80. The topological polar surface area (TPSA) is 75.3 Å². The number of nitrogens with zero attached hydrogens (tertiary/aromatic N) is 2. The summed E-state index contributed by atoms with van der Waals surface area (Å²) in [6.45, 7) is 2.07. The molecule has 0 aliphatic rings. The Morgan fingerprint density at radius 2 is 2.29 bits per heavy atom. The molecule has 1 amide bonds. The number of esters is 1. The summed E-state index contributed by atoms with van der Waals surface area (Å²) in [5, 5.41) is 6.49. The molecule has 6 heteroatoms. The molecule has 0 spiro atoms. The van der Waals surface area contributed by atoms with Crippen molar-refractivity contribution < 1.29 is 14.3 Å². The van der Waals surface area contributed by atoms with Crippen molar-refractivity contribution in [2.45, 2.75) is 13.3 Å². The van der Waals surface area contributed by atoms with E-state index in [1.54, 1.807) is 26.2 Å². The molecule has 1 unspecified atom stereocenters. The van der Waals surface area contributed by atoms with E-state index in [9.17, 15) is 9.59 Å². The number of nitrogens with one attached hydrogen (secondary N) is 1. The highest BCUT2D eigenvalue weighted by molar-refractivity contribution is 5.79. The van der Waals surface area contributed by atoms with Crippen LogP contribution in [0.1, 0.15) is 12.6 Å². The van der Waals surface area contributed by atoms with Crippen molar-refractivity contribution in [3.8, 4) is 0 Å². The maximum absolute atomic E-state index is 11.8. The maximum atomic E-state index is 11.8. The molecule has 1 rings (SSSR count). The smallest absolute Gasteiger partial charge is 0.310 e. The summed E-state index contributed by atoms with van der Waals surface area (Å²) in [4.78, 5) is 24.5. The van der Waals surface area contributed by atoms with Gasteiger partial charge in [-0.25, -0.2) is 0 Å². The van der Waals surface area contributed by atoms with Crippen LogP contribution in [0.15, 0.2) is 12.3 Å². The van der Waals surface area contributed by atoms with E-state index in [0.29, 0.717) is 6.54 Å². The molecule has 1 aromatic rings. The van der Waals surface area contributed by atoms with Crippen molar-refractivity contribution in [3.05, 3.63) is 18.0 Å². The third kappa shape index (κ3) is 3.90. The molecule has 0 radical (unpaired) electrons. The molecule has 0 saturated heterocycles. The second-order valence-corrected chi connectivity index (χ2v) is 3.96. The Balaban J connectivity index is 2.44. The zero-order valence-corrected chi connectivity index (χ0v) is 10.3. The molecule has 0 aliphatic heterocycles. The van der Waals surface area contributed by atoms with Gasteiger partial charge in [0, 0.05) is 25.5 Å². The van der Waals surface area contributed by atoms with Crippen LogP contribution in [0.3, 0.4) is 0 Å². The van der Waals surface area contributed by atoms with Crippen LogP contribution in [0.4, 0.5) is 0 Å². The van der Waals surface area contributed by atoms with Crippen LogP contribution < -0.4 is 0 Å². The number of ether oxygens (including phenoxy) is 1. The number of carbonyl (C=O) groups excluding carboxylic acids is 2. The first-order valence-corrected chi connectivity index (χ1v) is 5.34. The number of aromatic amines is 1. The minimum absolute atomic E-state index is 0.0648. The van der Waals surface area contributed by atoms with Gasteiger partial charge < -0.3 is 9.64 Å². The van der Waals surface area contributed by atoms with E-state index >= 15 is 0 Å². The predicted molar refractivity (Wildman–Crippen MR) is 61.1 cm³/mol. The standard InChI is InChI=1S/C11H17N3O3/c1-8(11(16)17-3)7-14(2)10(15)6-9-4-5-12-13-9/h4-5,8H,6-7H2,1-3H3,(H,12,13). The van der Waals surface area contributed by atoms with Crippen LogP contribution in [0.2, 0.25) is 0 Å². The fourth-order valence-electron chi connectivity index (χ4n) is 1.47. The number of amides is 1. The lowest BCUT2D eigenvalue weighted by molar-refractivity contribution is -0.146. The minimum atomic E-state index is -0.323. The van der Waals surface area contributed by atoms with Gasteiger partial charge in [0.15, 0.2) is 0 Å². The molecule has 1 atom stereocenters. The van der Waals surface area contributed by atoms with Crippen LogP contribution in [0, 0.1) is 5.92 Å². The number of methoxy groups -OCH3 is 1. The summed E-state index contributed by atoms with van der Waals surface area (Å²) in [5.41, 5.74) is 0.757. The number of likely N-dealkylation sites (N-methyl/N-ethyl adjacent to an activating group) is 1. The van der Waals surface area contributed by atoms with Gasteiger partial charge in [-0.2, -0.15) is 5.10 Å². The molecular formula is C11H17N3O3. The van der Waals surface area contributed by atoms with Crippen molar-refractivity contribution in [2.24, 2.45) is 5.92 Å². The molecule has 1 aromatic heterocycles. The highest BCUT2D eigenvalue weighted by Crippen LogP contribution is 2.03. The zero-order chi connectivity index (χ0) is 12.8. The molecule has 1 heterocycles. The maximum Gasteiger partial charge on any atom is 0.310 e. The summed E-state index contributed by atoms with van der Waals surface area (Å²) in [7, 11) is 3.00. The van der Waals surface area contributed by atoms with Crippen LogP contribution >= 0.6 is 0 Å². The van der Waals surface area contributed by atoms with Crippen LogP contribution in [0.5, 0.6) is 0 Å². The van der Waals surface area contributed by atoms with Gasteiger partial charge in [0.2, 0.25) is 5.91 Å². The van der Waals surface area contributed by atoms with Gasteiger partial charge in [-0.05, 0) is 6.07 Å². The summed E-state index contributed by atoms with van der Waals surface area (Å²) in [5.74, 6) is -0.702. The van der Waals surface area contributed by atoms with E-state index in [4.69, 9.17) is 0 Å². The third-order valence-corrected chi connectivity index (χ3v) is 2.48. The second-order valence-electron chi connectivity index (χ2n) is 3.96. The number of hydrogen-bond acceptors (Lipinski definition) is 4. The summed E-state index contributed by atoms with van der Waals surface area (Å²) >= 11 is 0. The van der Waals surface area contributed by atoms with Gasteiger partial charge in [-0.3, -0.25) is 14.7 Å². The first-order chi connectivity index (χ1) is 8.04. The Morgan fingerprint density at radius 1 is 1.59 bits per heavy atom. The van der Waals surface area contributed by atoms with Gasteiger partial charge >= 0.3 is 5.97 Å². The monoisotopic (exact) mass is 239 g/mol.